The zero-order valence-corrected chi connectivity index (χ0v) is 15.1. The van der Waals surface area contributed by atoms with Crippen LogP contribution in [0.25, 0.3) is 11.3 Å². The molecule has 0 aliphatic heterocycles. The van der Waals surface area contributed by atoms with Gasteiger partial charge in [-0.2, -0.15) is 5.10 Å². The van der Waals surface area contributed by atoms with E-state index in [4.69, 9.17) is 9.15 Å². The number of benzene rings is 1. The lowest BCUT2D eigenvalue weighted by Crippen LogP contribution is -2.17. The van der Waals surface area contributed by atoms with E-state index in [1.54, 1.807) is 30.3 Å². The van der Waals surface area contributed by atoms with Crippen molar-refractivity contribution in [3.63, 3.8) is 0 Å². The summed E-state index contributed by atoms with van der Waals surface area (Å²) in [4.78, 5) is 26.4. The van der Waals surface area contributed by atoms with Crippen LogP contribution >= 0.6 is 0 Å². The molecule has 0 saturated carbocycles. The number of methoxy groups -OCH3 is 1. The summed E-state index contributed by atoms with van der Waals surface area (Å²) in [5.74, 6) is 0.750. The van der Waals surface area contributed by atoms with Gasteiger partial charge in [0, 0.05) is 18.0 Å². The maximum atomic E-state index is 12.0. The van der Waals surface area contributed by atoms with E-state index in [2.05, 4.69) is 15.5 Å². The largest absolute Gasteiger partial charge is 0.496 e. The van der Waals surface area contributed by atoms with Crippen LogP contribution in [-0.4, -0.2) is 29.1 Å². The molecule has 28 heavy (non-hydrogen) atoms. The maximum absolute atomic E-state index is 12.0. The molecular weight excluding hydrogens is 364 g/mol. The number of carbonyl (C=O) groups is 1. The Balaban J connectivity index is 1.72. The van der Waals surface area contributed by atoms with E-state index in [-0.39, 0.29) is 5.69 Å². The topological polar surface area (TPSA) is 120 Å². The Morgan fingerprint density at radius 2 is 2.11 bits per heavy atom. The molecule has 2 aromatic heterocycles. The standard InChI is InChI=1S/C19H16N4O5/c1-12-3-4-13(10-20-12)19(24)22-21-11-15-6-8-17(28-15)16-7-5-14(23(25)26)9-18(16)27-2/h3-11H,1-2H3,(H,22,24)/b21-11-. The summed E-state index contributed by atoms with van der Waals surface area (Å²) < 4.78 is 10.9. The van der Waals surface area contributed by atoms with Crippen LogP contribution in [0.2, 0.25) is 0 Å². The van der Waals surface area contributed by atoms with Gasteiger partial charge in [0.2, 0.25) is 0 Å². The van der Waals surface area contributed by atoms with Crippen molar-refractivity contribution in [1.29, 1.82) is 0 Å². The zero-order chi connectivity index (χ0) is 20.1. The number of hydrogen-bond donors (Lipinski definition) is 1. The van der Waals surface area contributed by atoms with Crippen LogP contribution in [0.4, 0.5) is 5.69 Å². The average Bonchev–Trinajstić information content (AvgIpc) is 3.16. The predicted octanol–water partition coefficient (Wildman–Crippen LogP) is 3.33. The van der Waals surface area contributed by atoms with Gasteiger partial charge in [0.05, 0.1) is 35.4 Å². The molecule has 142 valence electrons. The molecule has 3 rings (SSSR count). The van der Waals surface area contributed by atoms with E-state index in [9.17, 15) is 14.9 Å². The second-order valence-corrected chi connectivity index (χ2v) is 5.73. The highest BCUT2D eigenvalue weighted by molar-refractivity contribution is 5.94. The van der Waals surface area contributed by atoms with Gasteiger partial charge in [0.25, 0.3) is 11.6 Å². The molecule has 3 aromatic rings. The van der Waals surface area contributed by atoms with Crippen LogP contribution in [0.1, 0.15) is 21.8 Å². The van der Waals surface area contributed by atoms with Crippen LogP contribution in [0.3, 0.4) is 0 Å². The number of nitro groups is 1. The lowest BCUT2D eigenvalue weighted by atomic mass is 10.1. The lowest BCUT2D eigenvalue weighted by Gasteiger charge is -2.05. The van der Waals surface area contributed by atoms with Crippen molar-refractivity contribution < 1.29 is 18.9 Å². The number of pyridine rings is 1. The summed E-state index contributed by atoms with van der Waals surface area (Å²) in [6.07, 6.45) is 2.81. The number of carbonyl (C=O) groups excluding carboxylic acids is 1. The van der Waals surface area contributed by atoms with E-state index in [1.807, 2.05) is 6.92 Å². The number of rotatable bonds is 6. The minimum absolute atomic E-state index is 0.0812. The fourth-order valence-corrected chi connectivity index (χ4v) is 2.39. The zero-order valence-electron chi connectivity index (χ0n) is 15.1. The summed E-state index contributed by atoms with van der Waals surface area (Å²) in [6.45, 7) is 1.83. The molecule has 0 fully saturated rings. The van der Waals surface area contributed by atoms with Crippen molar-refractivity contribution in [3.05, 3.63) is 75.8 Å². The Morgan fingerprint density at radius 3 is 2.79 bits per heavy atom. The van der Waals surface area contributed by atoms with Gasteiger partial charge in [-0.05, 0) is 37.3 Å². The molecule has 0 saturated heterocycles. The van der Waals surface area contributed by atoms with Gasteiger partial charge in [0.15, 0.2) is 0 Å². The Morgan fingerprint density at radius 1 is 1.29 bits per heavy atom. The van der Waals surface area contributed by atoms with Crippen molar-refractivity contribution in [2.45, 2.75) is 6.92 Å². The molecule has 0 radical (unpaired) electrons. The van der Waals surface area contributed by atoms with Crippen molar-refractivity contribution in [3.8, 4) is 17.1 Å². The van der Waals surface area contributed by atoms with Gasteiger partial charge < -0.3 is 9.15 Å². The van der Waals surface area contributed by atoms with Crippen LogP contribution in [-0.2, 0) is 0 Å². The normalized spacial score (nSPS) is 10.8. The highest BCUT2D eigenvalue weighted by Crippen LogP contribution is 2.33. The predicted molar refractivity (Wildman–Crippen MR) is 101 cm³/mol. The van der Waals surface area contributed by atoms with Gasteiger partial charge in [-0.3, -0.25) is 19.9 Å². The minimum atomic E-state index is -0.501. The molecule has 9 nitrogen and oxygen atoms in total. The number of furan rings is 1. The average molecular weight is 380 g/mol. The number of ether oxygens (including phenoxy) is 1. The SMILES string of the molecule is COc1cc([N+](=O)[O-])ccc1-c1ccc(/C=N\NC(=O)c2ccc(C)nc2)o1. The summed E-state index contributed by atoms with van der Waals surface area (Å²) in [5, 5.41) is 14.7. The molecule has 0 atom stereocenters. The summed E-state index contributed by atoms with van der Waals surface area (Å²) in [6, 6.07) is 10.9. The van der Waals surface area contributed by atoms with Gasteiger partial charge in [-0.1, -0.05) is 0 Å². The molecular formula is C19H16N4O5. The number of aryl methyl sites for hydroxylation is 1. The van der Waals surface area contributed by atoms with Crippen molar-refractivity contribution >= 4 is 17.8 Å². The van der Waals surface area contributed by atoms with E-state index in [0.717, 1.165) is 5.69 Å². The Hall–Kier alpha value is -4.01. The van der Waals surface area contributed by atoms with Crippen LogP contribution in [0.5, 0.6) is 5.75 Å². The number of amides is 1. The number of hydrogen-bond acceptors (Lipinski definition) is 7. The fraction of sp³-hybridized carbons (Fsp3) is 0.105. The van der Waals surface area contributed by atoms with Crippen LogP contribution in [0, 0.1) is 17.0 Å². The van der Waals surface area contributed by atoms with Gasteiger partial charge in [-0.15, -0.1) is 0 Å². The highest BCUT2D eigenvalue weighted by atomic mass is 16.6. The third-order valence-corrected chi connectivity index (χ3v) is 3.82. The van der Waals surface area contributed by atoms with Crippen molar-refractivity contribution in [1.82, 2.24) is 10.4 Å². The summed E-state index contributed by atoms with van der Waals surface area (Å²) in [7, 11) is 1.42. The molecule has 1 N–H and O–H groups in total. The number of nitrogens with one attached hydrogen (secondary N) is 1. The first-order valence-electron chi connectivity index (χ1n) is 8.16. The molecule has 9 heteroatoms. The molecule has 2 heterocycles. The second kappa shape index (κ2) is 8.12. The Bertz CT molecular complexity index is 1040. The van der Waals surface area contributed by atoms with Gasteiger partial charge in [-0.25, -0.2) is 5.43 Å². The summed E-state index contributed by atoms with van der Waals surface area (Å²) in [5.41, 5.74) is 4.06. The minimum Gasteiger partial charge on any atom is -0.496 e. The molecule has 0 aliphatic carbocycles. The first-order valence-corrected chi connectivity index (χ1v) is 8.16. The molecule has 0 aliphatic rings. The smallest absolute Gasteiger partial charge is 0.273 e. The number of hydrazone groups is 1. The Labute approximate surface area is 159 Å². The van der Waals surface area contributed by atoms with Crippen LogP contribution in [0.15, 0.2) is 58.2 Å². The van der Waals surface area contributed by atoms with Crippen molar-refractivity contribution in [2.75, 3.05) is 7.11 Å². The van der Waals surface area contributed by atoms with E-state index < -0.39 is 10.8 Å². The monoisotopic (exact) mass is 380 g/mol. The Kier molecular flexibility index (Phi) is 5.45. The quantitative estimate of drug-likeness (QED) is 0.398. The number of non-ortho nitro benzene ring substituents is 1. The van der Waals surface area contributed by atoms with E-state index in [0.29, 0.717) is 28.4 Å². The third-order valence-electron chi connectivity index (χ3n) is 3.82. The van der Waals surface area contributed by atoms with Crippen LogP contribution < -0.4 is 10.2 Å². The summed E-state index contributed by atoms with van der Waals surface area (Å²) >= 11 is 0. The number of nitrogens with zero attached hydrogens (tertiary/aromatic N) is 3. The second-order valence-electron chi connectivity index (χ2n) is 5.73. The molecule has 0 spiro atoms. The fourth-order valence-electron chi connectivity index (χ4n) is 2.39. The molecule has 1 amide bonds. The molecule has 1 aromatic carbocycles. The van der Waals surface area contributed by atoms with Crippen molar-refractivity contribution in [2.24, 2.45) is 5.10 Å². The van der Waals surface area contributed by atoms with E-state index in [1.165, 1.54) is 31.7 Å². The molecule has 0 bridgehead atoms. The van der Waals surface area contributed by atoms with Gasteiger partial charge >= 0.3 is 0 Å². The highest BCUT2D eigenvalue weighted by Gasteiger charge is 2.15. The number of nitro benzene ring substituents is 1. The maximum Gasteiger partial charge on any atom is 0.273 e. The molecule has 0 unspecified atom stereocenters. The third kappa shape index (κ3) is 4.21. The van der Waals surface area contributed by atoms with Gasteiger partial charge in [0.1, 0.15) is 17.3 Å². The lowest BCUT2D eigenvalue weighted by molar-refractivity contribution is -0.384. The first-order chi connectivity index (χ1) is 13.5. The first kappa shape index (κ1) is 18.8. The number of aromatic nitrogens is 1. The van der Waals surface area contributed by atoms with E-state index >= 15 is 0 Å².